The van der Waals surface area contributed by atoms with Gasteiger partial charge in [-0.3, -0.25) is 0 Å². The second kappa shape index (κ2) is 4.14. The van der Waals surface area contributed by atoms with E-state index in [0.717, 1.165) is 11.3 Å². The predicted octanol–water partition coefficient (Wildman–Crippen LogP) is 1.94. The molecule has 1 aromatic carbocycles. The van der Waals surface area contributed by atoms with Crippen LogP contribution in [0.2, 0.25) is 0 Å². The van der Waals surface area contributed by atoms with E-state index in [1.807, 2.05) is 12.1 Å². The topological polar surface area (TPSA) is 70.5 Å². The summed E-state index contributed by atoms with van der Waals surface area (Å²) < 4.78 is 15.2. The number of nitrogens with two attached hydrogens (primary N) is 1. The van der Waals surface area contributed by atoms with Crippen molar-refractivity contribution in [3.8, 4) is 22.6 Å². The van der Waals surface area contributed by atoms with Crippen LogP contribution in [0.3, 0.4) is 0 Å². The lowest BCUT2D eigenvalue weighted by Crippen LogP contribution is -1.92. The summed E-state index contributed by atoms with van der Waals surface area (Å²) in [5.41, 5.74) is 7.20. The fourth-order valence-electron chi connectivity index (χ4n) is 1.47. The predicted molar refractivity (Wildman–Crippen MR) is 59.5 cm³/mol. The molecule has 0 radical (unpaired) electrons. The number of benzene rings is 1. The molecule has 0 aliphatic heterocycles. The molecule has 2 aromatic rings. The van der Waals surface area contributed by atoms with Gasteiger partial charge >= 0.3 is 0 Å². The van der Waals surface area contributed by atoms with Gasteiger partial charge in [0.25, 0.3) is 0 Å². The van der Waals surface area contributed by atoms with Crippen LogP contribution in [0.1, 0.15) is 0 Å². The van der Waals surface area contributed by atoms with Crippen molar-refractivity contribution in [2.45, 2.75) is 0 Å². The number of anilines is 1. The van der Waals surface area contributed by atoms with Crippen LogP contribution in [0.5, 0.6) is 11.5 Å². The molecule has 1 heterocycles. The zero-order valence-electron chi connectivity index (χ0n) is 9.06. The number of nitrogens with zero attached hydrogens (tertiary/aromatic N) is 1. The van der Waals surface area contributed by atoms with Crippen molar-refractivity contribution in [2.75, 3.05) is 20.0 Å². The standard InChI is InChI=1S/C11H12N2O3/c1-14-7-3-4-8(10(5-7)15-2)9-6-16-13-11(9)12/h3-6H,1-2H3,(H2,12,13). The molecule has 0 saturated carbocycles. The Kier molecular flexibility index (Phi) is 2.68. The minimum atomic E-state index is 0.337. The van der Waals surface area contributed by atoms with Gasteiger partial charge in [0, 0.05) is 11.6 Å². The number of aromatic nitrogens is 1. The van der Waals surface area contributed by atoms with Crippen LogP contribution in [-0.2, 0) is 0 Å². The van der Waals surface area contributed by atoms with E-state index in [1.165, 1.54) is 6.26 Å². The Hall–Kier alpha value is -2.17. The van der Waals surface area contributed by atoms with Crippen molar-refractivity contribution in [3.05, 3.63) is 24.5 Å². The molecule has 2 N–H and O–H groups in total. The van der Waals surface area contributed by atoms with Crippen molar-refractivity contribution in [1.29, 1.82) is 0 Å². The second-order valence-electron chi connectivity index (χ2n) is 3.18. The Morgan fingerprint density at radius 2 is 2.00 bits per heavy atom. The van der Waals surface area contributed by atoms with E-state index in [0.29, 0.717) is 17.1 Å². The first kappa shape index (κ1) is 10.4. The average molecular weight is 220 g/mol. The average Bonchev–Trinajstić information content (AvgIpc) is 2.74. The Bertz CT molecular complexity index is 494. The highest BCUT2D eigenvalue weighted by molar-refractivity contribution is 5.78. The van der Waals surface area contributed by atoms with Crippen molar-refractivity contribution in [1.82, 2.24) is 5.16 Å². The molecule has 0 bridgehead atoms. The molecular weight excluding hydrogens is 208 g/mol. The van der Waals surface area contributed by atoms with Crippen LogP contribution in [0.15, 0.2) is 29.0 Å². The summed E-state index contributed by atoms with van der Waals surface area (Å²) in [6.07, 6.45) is 1.49. The first-order valence-electron chi connectivity index (χ1n) is 4.68. The lowest BCUT2D eigenvalue weighted by molar-refractivity contribution is 0.395. The number of hydrogen-bond acceptors (Lipinski definition) is 5. The molecule has 1 aromatic heterocycles. The maximum Gasteiger partial charge on any atom is 0.174 e. The van der Waals surface area contributed by atoms with Crippen LogP contribution in [0.25, 0.3) is 11.1 Å². The van der Waals surface area contributed by atoms with Crippen LogP contribution in [0, 0.1) is 0 Å². The van der Waals surface area contributed by atoms with Crippen LogP contribution >= 0.6 is 0 Å². The molecule has 0 aliphatic rings. The van der Waals surface area contributed by atoms with Gasteiger partial charge in [-0.1, -0.05) is 5.16 Å². The molecule has 5 nitrogen and oxygen atoms in total. The van der Waals surface area contributed by atoms with E-state index in [4.69, 9.17) is 19.7 Å². The molecule has 0 saturated heterocycles. The number of nitrogen functional groups attached to an aromatic ring is 1. The van der Waals surface area contributed by atoms with E-state index >= 15 is 0 Å². The largest absolute Gasteiger partial charge is 0.497 e. The van der Waals surface area contributed by atoms with Gasteiger partial charge in [0.05, 0.1) is 19.8 Å². The molecule has 0 unspecified atom stereocenters. The van der Waals surface area contributed by atoms with Gasteiger partial charge in [0.1, 0.15) is 17.8 Å². The third kappa shape index (κ3) is 1.67. The normalized spacial score (nSPS) is 10.1. The first-order chi connectivity index (χ1) is 7.76. The summed E-state index contributed by atoms with van der Waals surface area (Å²) >= 11 is 0. The molecule has 0 atom stereocenters. The van der Waals surface area contributed by atoms with Gasteiger partial charge in [-0.25, -0.2) is 0 Å². The van der Waals surface area contributed by atoms with E-state index in [-0.39, 0.29) is 0 Å². The minimum absolute atomic E-state index is 0.337. The number of methoxy groups -OCH3 is 2. The van der Waals surface area contributed by atoms with Gasteiger partial charge in [-0.15, -0.1) is 0 Å². The minimum Gasteiger partial charge on any atom is -0.497 e. The number of ether oxygens (including phenoxy) is 2. The maximum atomic E-state index is 5.68. The van der Waals surface area contributed by atoms with Crippen molar-refractivity contribution in [2.24, 2.45) is 0 Å². The van der Waals surface area contributed by atoms with Gasteiger partial charge in [-0.2, -0.15) is 0 Å². The molecule has 0 spiro atoms. The van der Waals surface area contributed by atoms with Crippen molar-refractivity contribution in [3.63, 3.8) is 0 Å². The van der Waals surface area contributed by atoms with Crippen LogP contribution in [-0.4, -0.2) is 19.4 Å². The third-order valence-electron chi connectivity index (χ3n) is 2.30. The van der Waals surface area contributed by atoms with Crippen molar-refractivity contribution >= 4 is 5.82 Å². The molecule has 0 amide bonds. The van der Waals surface area contributed by atoms with Crippen molar-refractivity contribution < 1.29 is 14.0 Å². The summed E-state index contributed by atoms with van der Waals surface area (Å²) in [4.78, 5) is 0. The number of hydrogen-bond donors (Lipinski definition) is 1. The monoisotopic (exact) mass is 220 g/mol. The number of rotatable bonds is 3. The summed E-state index contributed by atoms with van der Waals surface area (Å²) in [6, 6.07) is 5.45. The highest BCUT2D eigenvalue weighted by atomic mass is 16.5. The third-order valence-corrected chi connectivity index (χ3v) is 2.30. The molecule has 0 fully saturated rings. The molecule has 0 aliphatic carbocycles. The Balaban J connectivity index is 2.53. The smallest absolute Gasteiger partial charge is 0.174 e. The van der Waals surface area contributed by atoms with E-state index in [1.54, 1.807) is 20.3 Å². The van der Waals surface area contributed by atoms with Gasteiger partial charge in [0.15, 0.2) is 5.82 Å². The van der Waals surface area contributed by atoms with E-state index in [2.05, 4.69) is 5.16 Å². The second-order valence-corrected chi connectivity index (χ2v) is 3.18. The quantitative estimate of drug-likeness (QED) is 0.855. The van der Waals surface area contributed by atoms with E-state index in [9.17, 15) is 0 Å². The lowest BCUT2D eigenvalue weighted by Gasteiger charge is -2.08. The maximum absolute atomic E-state index is 5.68. The van der Waals surface area contributed by atoms with E-state index < -0.39 is 0 Å². The fourth-order valence-corrected chi connectivity index (χ4v) is 1.47. The molecule has 5 heteroatoms. The summed E-state index contributed by atoms with van der Waals surface area (Å²) in [7, 11) is 3.18. The summed E-state index contributed by atoms with van der Waals surface area (Å²) in [5.74, 6) is 1.72. The fraction of sp³-hybridized carbons (Fsp3) is 0.182. The Labute approximate surface area is 92.8 Å². The SMILES string of the molecule is COc1ccc(-c2conc2N)c(OC)c1. The molecule has 2 rings (SSSR count). The summed E-state index contributed by atoms with van der Waals surface area (Å²) in [6.45, 7) is 0. The molecular formula is C11H12N2O3. The highest BCUT2D eigenvalue weighted by Crippen LogP contribution is 2.35. The zero-order chi connectivity index (χ0) is 11.5. The van der Waals surface area contributed by atoms with Gasteiger partial charge in [-0.05, 0) is 12.1 Å². The zero-order valence-corrected chi connectivity index (χ0v) is 9.06. The molecule has 16 heavy (non-hydrogen) atoms. The van der Waals surface area contributed by atoms with Gasteiger partial charge < -0.3 is 19.7 Å². The summed E-state index contributed by atoms with van der Waals surface area (Å²) in [5, 5.41) is 3.63. The van der Waals surface area contributed by atoms with Crippen LogP contribution in [0.4, 0.5) is 5.82 Å². The highest BCUT2D eigenvalue weighted by Gasteiger charge is 2.12. The lowest BCUT2D eigenvalue weighted by atomic mass is 10.1. The van der Waals surface area contributed by atoms with Gasteiger partial charge in [0.2, 0.25) is 0 Å². The Morgan fingerprint density at radius 3 is 2.56 bits per heavy atom. The first-order valence-corrected chi connectivity index (χ1v) is 4.68. The van der Waals surface area contributed by atoms with Crippen LogP contribution < -0.4 is 15.2 Å². The Morgan fingerprint density at radius 1 is 1.19 bits per heavy atom. The molecule has 84 valence electrons.